The summed E-state index contributed by atoms with van der Waals surface area (Å²) in [5, 5.41) is 0. The maximum atomic E-state index is 12.3. The third kappa shape index (κ3) is 4.91. The molecule has 0 amide bonds. The van der Waals surface area contributed by atoms with Gasteiger partial charge in [0.05, 0.1) is 0 Å². The standard InChI is InChI=1S/C9H16BF3N.K/c1-7-4-9(3)14(5-7)6-8(2)10(11,12)13;/h7,9H,2,4-6H2,1,3H3;/q-1;+1. The molecule has 0 aromatic rings. The van der Waals surface area contributed by atoms with Crippen LogP contribution in [0.4, 0.5) is 12.9 Å². The van der Waals surface area contributed by atoms with E-state index in [1.165, 1.54) is 0 Å². The molecule has 0 aromatic heterocycles. The van der Waals surface area contributed by atoms with Crippen LogP contribution in [0, 0.1) is 5.92 Å². The van der Waals surface area contributed by atoms with E-state index in [4.69, 9.17) is 0 Å². The zero-order chi connectivity index (χ0) is 10.9. The minimum atomic E-state index is -4.86. The van der Waals surface area contributed by atoms with Gasteiger partial charge in [0.1, 0.15) is 0 Å². The Bertz CT molecular complexity index is 232. The molecule has 1 heterocycles. The quantitative estimate of drug-likeness (QED) is 0.615. The van der Waals surface area contributed by atoms with Crippen molar-refractivity contribution >= 4 is 6.98 Å². The van der Waals surface area contributed by atoms with E-state index < -0.39 is 12.4 Å². The van der Waals surface area contributed by atoms with Crippen molar-refractivity contribution in [3.63, 3.8) is 0 Å². The Morgan fingerprint density at radius 3 is 2.27 bits per heavy atom. The molecule has 6 heteroatoms. The van der Waals surface area contributed by atoms with Gasteiger partial charge in [-0.25, -0.2) is 0 Å². The molecule has 0 aromatic carbocycles. The van der Waals surface area contributed by atoms with Crippen molar-refractivity contribution in [2.45, 2.75) is 26.3 Å². The summed E-state index contributed by atoms with van der Waals surface area (Å²) in [7, 11) is 0. The Balaban J connectivity index is 0.00000196. The number of hydrogen-bond acceptors (Lipinski definition) is 1. The van der Waals surface area contributed by atoms with Crippen LogP contribution in [0.1, 0.15) is 20.3 Å². The third-order valence-electron chi connectivity index (χ3n) is 2.78. The van der Waals surface area contributed by atoms with Crippen LogP contribution in [-0.4, -0.2) is 31.0 Å². The van der Waals surface area contributed by atoms with Crippen molar-refractivity contribution in [2.75, 3.05) is 13.1 Å². The molecule has 1 aliphatic rings. The first-order valence-electron chi connectivity index (χ1n) is 4.92. The summed E-state index contributed by atoms with van der Waals surface area (Å²) in [6.45, 7) is 3.03. The maximum Gasteiger partial charge on any atom is 1.00 e. The predicted octanol–water partition coefficient (Wildman–Crippen LogP) is -0.336. The summed E-state index contributed by atoms with van der Waals surface area (Å²) >= 11 is 0. The second-order valence-electron chi connectivity index (χ2n) is 4.35. The first kappa shape index (κ1) is 16.2. The van der Waals surface area contributed by atoms with Crippen molar-refractivity contribution in [3.05, 3.63) is 12.1 Å². The van der Waals surface area contributed by atoms with Gasteiger partial charge < -0.3 is 12.9 Å². The van der Waals surface area contributed by atoms with E-state index in [1.54, 1.807) is 0 Å². The van der Waals surface area contributed by atoms with Crippen molar-refractivity contribution in [2.24, 2.45) is 5.92 Å². The van der Waals surface area contributed by atoms with E-state index in [2.05, 4.69) is 13.5 Å². The second-order valence-corrected chi connectivity index (χ2v) is 4.35. The van der Waals surface area contributed by atoms with Crippen LogP contribution in [0.5, 0.6) is 0 Å². The fourth-order valence-corrected chi connectivity index (χ4v) is 1.97. The summed E-state index contributed by atoms with van der Waals surface area (Å²) < 4.78 is 36.8. The zero-order valence-electron chi connectivity index (χ0n) is 9.64. The van der Waals surface area contributed by atoms with Crippen LogP contribution in [0.3, 0.4) is 0 Å². The van der Waals surface area contributed by atoms with E-state index in [0.29, 0.717) is 5.92 Å². The minimum Gasteiger partial charge on any atom is -0.445 e. The topological polar surface area (TPSA) is 3.24 Å². The fourth-order valence-electron chi connectivity index (χ4n) is 1.97. The van der Waals surface area contributed by atoms with Crippen molar-refractivity contribution in [3.8, 4) is 0 Å². The molecule has 0 saturated carbocycles. The molecular formula is C9H16BF3KN. The van der Waals surface area contributed by atoms with Gasteiger partial charge in [0.15, 0.2) is 0 Å². The summed E-state index contributed by atoms with van der Waals surface area (Å²) in [6, 6.07) is 0.250. The minimum absolute atomic E-state index is 0. The molecular weight excluding hydrogens is 229 g/mol. The van der Waals surface area contributed by atoms with Crippen molar-refractivity contribution < 1.29 is 64.3 Å². The van der Waals surface area contributed by atoms with Crippen LogP contribution in [0.15, 0.2) is 12.1 Å². The van der Waals surface area contributed by atoms with Crippen LogP contribution >= 0.6 is 0 Å². The number of rotatable bonds is 3. The molecule has 1 fully saturated rings. The summed E-state index contributed by atoms with van der Waals surface area (Å²) in [4.78, 5) is 1.86. The molecule has 1 aliphatic heterocycles. The van der Waals surface area contributed by atoms with E-state index in [-0.39, 0.29) is 64.0 Å². The average Bonchev–Trinajstić information content (AvgIpc) is 2.28. The van der Waals surface area contributed by atoms with Crippen LogP contribution < -0.4 is 51.4 Å². The molecule has 15 heavy (non-hydrogen) atoms. The van der Waals surface area contributed by atoms with E-state index in [9.17, 15) is 12.9 Å². The second kappa shape index (κ2) is 6.21. The largest absolute Gasteiger partial charge is 1.00 e. The van der Waals surface area contributed by atoms with Gasteiger partial charge in [0.2, 0.25) is 0 Å². The number of hydrogen-bond donors (Lipinski definition) is 0. The van der Waals surface area contributed by atoms with Gasteiger partial charge in [0.25, 0.3) is 0 Å². The Morgan fingerprint density at radius 2 is 1.93 bits per heavy atom. The summed E-state index contributed by atoms with van der Waals surface area (Å²) in [5.41, 5.74) is -0.578. The molecule has 0 aliphatic carbocycles. The number of halogens is 3. The summed E-state index contributed by atoms with van der Waals surface area (Å²) in [5.74, 6) is 0.499. The van der Waals surface area contributed by atoms with Gasteiger partial charge in [-0.05, 0) is 25.8 Å². The monoisotopic (exact) mass is 245 g/mol. The van der Waals surface area contributed by atoms with Gasteiger partial charge in [0, 0.05) is 12.6 Å². The van der Waals surface area contributed by atoms with Gasteiger partial charge in [-0.3, -0.25) is 4.90 Å². The average molecular weight is 245 g/mol. The fraction of sp³-hybridized carbons (Fsp3) is 0.778. The molecule has 2 unspecified atom stereocenters. The normalized spacial score (nSPS) is 27.5. The molecule has 0 N–H and O–H groups in total. The molecule has 1 nitrogen and oxygen atoms in total. The van der Waals surface area contributed by atoms with Crippen molar-refractivity contribution in [1.82, 2.24) is 4.90 Å². The molecule has 0 spiro atoms. The van der Waals surface area contributed by atoms with Gasteiger partial charge in [-0.2, -0.15) is 0 Å². The van der Waals surface area contributed by atoms with E-state index in [1.807, 2.05) is 11.8 Å². The van der Waals surface area contributed by atoms with Gasteiger partial charge in [-0.1, -0.05) is 6.92 Å². The molecule has 1 rings (SSSR count). The van der Waals surface area contributed by atoms with Crippen molar-refractivity contribution in [1.29, 1.82) is 0 Å². The van der Waals surface area contributed by atoms with Crippen LogP contribution in [-0.2, 0) is 0 Å². The van der Waals surface area contributed by atoms with Gasteiger partial charge >= 0.3 is 58.4 Å². The Morgan fingerprint density at radius 1 is 1.40 bits per heavy atom. The molecule has 0 bridgehead atoms. The zero-order valence-corrected chi connectivity index (χ0v) is 12.8. The molecule has 0 radical (unpaired) electrons. The first-order valence-corrected chi connectivity index (χ1v) is 4.92. The van der Waals surface area contributed by atoms with Crippen LogP contribution in [0.2, 0.25) is 0 Å². The van der Waals surface area contributed by atoms with E-state index in [0.717, 1.165) is 13.0 Å². The molecule has 2 atom stereocenters. The SMILES string of the molecule is C=C(CN1CC(C)CC1C)[B-](F)(F)F.[K+]. The Labute approximate surface area is 132 Å². The Kier molecular flexibility index (Phi) is 6.71. The van der Waals surface area contributed by atoms with E-state index >= 15 is 0 Å². The molecule has 1 saturated heterocycles. The first-order chi connectivity index (χ1) is 6.30. The van der Waals surface area contributed by atoms with Crippen LogP contribution in [0.25, 0.3) is 0 Å². The maximum absolute atomic E-state index is 12.3. The predicted molar refractivity (Wildman–Crippen MR) is 53.0 cm³/mol. The molecule has 82 valence electrons. The van der Waals surface area contributed by atoms with Gasteiger partial charge in [-0.15, -0.1) is 12.1 Å². The smallest absolute Gasteiger partial charge is 0.445 e. The summed E-state index contributed by atoms with van der Waals surface area (Å²) in [6.07, 6.45) is 0.984. The Hall–Kier alpha value is 1.19. The number of likely N-dealkylation sites (tertiary alicyclic amines) is 1. The number of nitrogens with zero attached hydrogens (tertiary/aromatic N) is 1. The third-order valence-corrected chi connectivity index (χ3v) is 2.78.